The minimum Gasteiger partial charge on any atom is -0.456 e. The van der Waals surface area contributed by atoms with Crippen LogP contribution in [0.5, 0.6) is 0 Å². The molecular formula is C49H31N3O2. The summed E-state index contributed by atoms with van der Waals surface area (Å²) in [4.78, 5) is 10.5. The molecule has 0 radical (unpaired) electrons. The lowest BCUT2D eigenvalue weighted by Gasteiger charge is -2.24. The van der Waals surface area contributed by atoms with Crippen molar-refractivity contribution >= 4 is 66.3 Å². The van der Waals surface area contributed by atoms with Crippen molar-refractivity contribution in [1.29, 1.82) is 0 Å². The molecule has 3 heterocycles. The normalized spacial score (nSPS) is 14.5. The largest absolute Gasteiger partial charge is 0.456 e. The molecule has 2 aromatic heterocycles. The summed E-state index contributed by atoms with van der Waals surface area (Å²) in [7, 11) is 0. The third-order valence-electron chi connectivity index (χ3n) is 10.5. The van der Waals surface area contributed by atoms with E-state index in [4.69, 9.17) is 18.8 Å². The second-order valence-electron chi connectivity index (χ2n) is 13.8. The minimum absolute atomic E-state index is 0.355. The van der Waals surface area contributed by atoms with Gasteiger partial charge in [0.2, 0.25) is 0 Å². The number of nitrogens with zero attached hydrogens (tertiary/aromatic N) is 2. The molecule has 5 heteroatoms. The van der Waals surface area contributed by atoms with Crippen LogP contribution in [-0.2, 0) is 0 Å². The van der Waals surface area contributed by atoms with Crippen LogP contribution in [-0.4, -0.2) is 11.7 Å². The number of fused-ring (bicyclic) bond motifs is 7. The van der Waals surface area contributed by atoms with Crippen molar-refractivity contribution in [2.75, 3.05) is 0 Å². The van der Waals surface area contributed by atoms with Crippen LogP contribution in [0.3, 0.4) is 0 Å². The van der Waals surface area contributed by atoms with E-state index in [1.165, 1.54) is 16.3 Å². The Morgan fingerprint density at radius 3 is 2.04 bits per heavy atom. The number of nitrogens with one attached hydrogen (secondary N) is 1. The Hall–Kier alpha value is -7.24. The molecule has 254 valence electrons. The van der Waals surface area contributed by atoms with Gasteiger partial charge in [-0.3, -0.25) is 0 Å². The van der Waals surface area contributed by atoms with Crippen molar-refractivity contribution in [3.05, 3.63) is 193 Å². The number of rotatable bonds is 5. The molecule has 0 saturated carbocycles. The molecule has 0 spiro atoms. The summed E-state index contributed by atoms with van der Waals surface area (Å²) in [5.74, 6) is 1.42. The molecule has 0 saturated heterocycles. The number of aliphatic imine (C=N–C) groups is 2. The second-order valence-corrected chi connectivity index (χ2v) is 13.8. The Bertz CT molecular complexity index is 3130. The maximum absolute atomic E-state index is 6.74. The third kappa shape index (κ3) is 5.01. The third-order valence-corrected chi connectivity index (χ3v) is 10.5. The summed E-state index contributed by atoms with van der Waals surface area (Å²) in [6.45, 7) is 0. The lowest BCUT2D eigenvalue weighted by Crippen LogP contribution is -2.33. The van der Waals surface area contributed by atoms with Crippen LogP contribution in [0.4, 0.5) is 0 Å². The zero-order chi connectivity index (χ0) is 35.6. The molecule has 0 fully saturated rings. The van der Waals surface area contributed by atoms with E-state index < -0.39 is 0 Å². The Labute approximate surface area is 310 Å². The number of hydrogen-bond acceptors (Lipinski definition) is 5. The summed E-state index contributed by atoms with van der Waals surface area (Å²) in [5, 5.41) is 10.3. The summed E-state index contributed by atoms with van der Waals surface area (Å²) < 4.78 is 12.9. The van der Waals surface area contributed by atoms with Crippen LogP contribution in [0.1, 0.15) is 22.9 Å². The van der Waals surface area contributed by atoms with Crippen LogP contribution >= 0.6 is 0 Å². The van der Waals surface area contributed by atoms with E-state index in [9.17, 15) is 0 Å². The Morgan fingerprint density at radius 1 is 0.444 bits per heavy atom. The van der Waals surface area contributed by atoms with E-state index in [1.54, 1.807) is 0 Å². The first-order valence-electron chi connectivity index (χ1n) is 18.2. The quantitative estimate of drug-likeness (QED) is 0.195. The van der Waals surface area contributed by atoms with Crippen LogP contribution in [0, 0.1) is 0 Å². The highest BCUT2D eigenvalue weighted by molar-refractivity contribution is 6.23. The molecule has 1 unspecified atom stereocenters. The highest BCUT2D eigenvalue weighted by atomic mass is 16.3. The van der Waals surface area contributed by atoms with Crippen LogP contribution in [0.2, 0.25) is 0 Å². The highest BCUT2D eigenvalue weighted by Crippen LogP contribution is 2.40. The number of benzene rings is 8. The molecular weight excluding hydrogens is 663 g/mol. The van der Waals surface area contributed by atoms with Crippen LogP contribution in [0.25, 0.3) is 76.9 Å². The minimum atomic E-state index is -0.355. The second kappa shape index (κ2) is 12.2. The van der Waals surface area contributed by atoms with E-state index in [0.29, 0.717) is 5.84 Å². The summed E-state index contributed by atoms with van der Waals surface area (Å²) >= 11 is 0. The molecule has 1 aliphatic heterocycles. The van der Waals surface area contributed by atoms with Gasteiger partial charge < -0.3 is 14.2 Å². The van der Waals surface area contributed by atoms with E-state index in [1.807, 2.05) is 36.4 Å². The van der Waals surface area contributed by atoms with E-state index in [0.717, 1.165) is 83.1 Å². The lowest BCUT2D eigenvalue weighted by molar-refractivity contribution is 0.668. The first-order valence-corrected chi connectivity index (χ1v) is 18.2. The number of amidine groups is 2. The Morgan fingerprint density at radius 2 is 1.13 bits per heavy atom. The predicted molar refractivity (Wildman–Crippen MR) is 221 cm³/mol. The molecule has 5 nitrogen and oxygen atoms in total. The van der Waals surface area contributed by atoms with Gasteiger partial charge in [0.15, 0.2) is 5.84 Å². The molecule has 1 N–H and O–H groups in total. The van der Waals surface area contributed by atoms with Gasteiger partial charge in [0.05, 0.1) is 0 Å². The van der Waals surface area contributed by atoms with Gasteiger partial charge in [-0.1, -0.05) is 146 Å². The molecule has 8 aromatic carbocycles. The standard InChI is InChI=1S/C49H31N3O2/c1-2-10-30(11-3-1)32-20-23-33(24-21-32)47-50-48(36-25-22-31-12-4-5-13-34(31)28-36)52-49(51-47)40-17-9-19-44-45(40)39-16-8-15-37(46(39)54-44)35-26-27-43-41(29-35)38-14-6-7-18-42(38)53-43/h1-29,48H,(H,50,51,52). The van der Waals surface area contributed by atoms with Crippen LogP contribution in [0.15, 0.2) is 195 Å². The van der Waals surface area contributed by atoms with Crippen molar-refractivity contribution in [3.63, 3.8) is 0 Å². The monoisotopic (exact) mass is 693 g/mol. The van der Waals surface area contributed by atoms with E-state index in [2.05, 4.69) is 145 Å². The van der Waals surface area contributed by atoms with Crippen molar-refractivity contribution in [3.8, 4) is 22.3 Å². The topological polar surface area (TPSA) is 63.0 Å². The Balaban J connectivity index is 1.06. The fourth-order valence-electron chi connectivity index (χ4n) is 7.87. The lowest BCUT2D eigenvalue weighted by atomic mass is 9.98. The molecule has 1 aliphatic rings. The molecule has 10 aromatic rings. The van der Waals surface area contributed by atoms with Gasteiger partial charge in [-0.2, -0.15) is 0 Å². The van der Waals surface area contributed by atoms with Crippen molar-refractivity contribution in [1.82, 2.24) is 5.32 Å². The van der Waals surface area contributed by atoms with Gasteiger partial charge in [0.1, 0.15) is 34.3 Å². The molecule has 0 bridgehead atoms. The zero-order valence-corrected chi connectivity index (χ0v) is 29.0. The summed E-state index contributed by atoms with van der Waals surface area (Å²) in [6.07, 6.45) is -0.355. The molecule has 0 aliphatic carbocycles. The van der Waals surface area contributed by atoms with Gasteiger partial charge in [0.25, 0.3) is 0 Å². The van der Waals surface area contributed by atoms with Gasteiger partial charge in [-0.05, 0) is 63.4 Å². The summed E-state index contributed by atoms with van der Waals surface area (Å²) in [6, 6.07) is 61.0. The summed E-state index contributed by atoms with van der Waals surface area (Å²) in [5.41, 5.74) is 10.8. The molecule has 0 amide bonds. The molecule has 11 rings (SSSR count). The first kappa shape index (κ1) is 30.4. The number of hydrogen-bond donors (Lipinski definition) is 1. The smallest absolute Gasteiger partial charge is 0.159 e. The Kier molecular flexibility index (Phi) is 6.85. The predicted octanol–water partition coefficient (Wildman–Crippen LogP) is 12.5. The van der Waals surface area contributed by atoms with Gasteiger partial charge in [-0.15, -0.1) is 0 Å². The molecule has 54 heavy (non-hydrogen) atoms. The van der Waals surface area contributed by atoms with Crippen molar-refractivity contribution < 1.29 is 8.83 Å². The average Bonchev–Trinajstić information content (AvgIpc) is 3.82. The first-order chi connectivity index (χ1) is 26.7. The van der Waals surface area contributed by atoms with Crippen LogP contribution < -0.4 is 5.32 Å². The van der Waals surface area contributed by atoms with Gasteiger partial charge >= 0.3 is 0 Å². The van der Waals surface area contributed by atoms with Crippen molar-refractivity contribution in [2.24, 2.45) is 9.98 Å². The fraction of sp³-hybridized carbons (Fsp3) is 0.0204. The van der Waals surface area contributed by atoms with Crippen molar-refractivity contribution in [2.45, 2.75) is 6.17 Å². The maximum atomic E-state index is 6.74. The number of furan rings is 2. The average molecular weight is 694 g/mol. The number of para-hydroxylation sites is 2. The van der Waals surface area contributed by atoms with Gasteiger partial charge in [0, 0.05) is 38.2 Å². The maximum Gasteiger partial charge on any atom is 0.159 e. The van der Waals surface area contributed by atoms with E-state index in [-0.39, 0.29) is 6.17 Å². The fourth-order valence-corrected chi connectivity index (χ4v) is 7.87. The van der Waals surface area contributed by atoms with Gasteiger partial charge in [-0.25, -0.2) is 9.98 Å². The highest BCUT2D eigenvalue weighted by Gasteiger charge is 2.25. The SMILES string of the molecule is c1ccc(-c2ccc(C3=NC(c4ccc5ccccc5c4)NC(c4cccc5oc6c(-c7ccc8oc9ccccc9c8c7)cccc6c45)=N3)cc2)cc1. The molecule has 1 atom stereocenters. The zero-order valence-electron chi connectivity index (χ0n) is 29.0. The van der Waals surface area contributed by atoms with E-state index >= 15 is 0 Å².